The van der Waals surface area contributed by atoms with Gasteiger partial charge in [-0.15, -0.1) is 0 Å². The van der Waals surface area contributed by atoms with Gasteiger partial charge in [0, 0.05) is 0 Å². The minimum absolute atomic E-state index is 0.447. The second-order valence-corrected chi connectivity index (χ2v) is 2.89. The fourth-order valence-corrected chi connectivity index (χ4v) is 1.24. The number of nitrogens with zero attached hydrogens (tertiary/aromatic N) is 3. The highest BCUT2D eigenvalue weighted by Crippen LogP contribution is 2.12. The highest BCUT2D eigenvalue weighted by Gasteiger charge is 2.04. The predicted octanol–water partition coefficient (Wildman–Crippen LogP) is 0.928. The zero-order chi connectivity index (χ0) is 8.72. The fraction of sp³-hybridized carbons (Fsp3) is 0.250. The Kier molecular flexibility index (Phi) is 1.30. The van der Waals surface area contributed by atoms with Gasteiger partial charge in [0.2, 0.25) is 5.95 Å². The summed E-state index contributed by atoms with van der Waals surface area (Å²) >= 11 is 0. The van der Waals surface area contributed by atoms with Crippen molar-refractivity contribution in [2.45, 2.75) is 13.8 Å². The van der Waals surface area contributed by atoms with Gasteiger partial charge < -0.3 is 5.73 Å². The number of rotatable bonds is 0. The van der Waals surface area contributed by atoms with Crippen LogP contribution in [0.4, 0.5) is 5.95 Å². The quantitative estimate of drug-likeness (QED) is 0.627. The molecule has 0 bridgehead atoms. The van der Waals surface area contributed by atoms with Gasteiger partial charge in [-0.25, -0.2) is 4.98 Å². The van der Waals surface area contributed by atoms with Crippen molar-refractivity contribution in [3.05, 3.63) is 23.5 Å². The van der Waals surface area contributed by atoms with Gasteiger partial charge in [-0.05, 0) is 25.5 Å². The van der Waals surface area contributed by atoms with Crippen molar-refractivity contribution in [2.75, 3.05) is 5.73 Å². The number of aromatic nitrogens is 3. The molecular weight excluding hydrogens is 152 g/mol. The van der Waals surface area contributed by atoms with Crippen molar-refractivity contribution >= 4 is 11.5 Å². The Hall–Kier alpha value is -1.58. The molecular formula is C8H10N4. The summed E-state index contributed by atoms with van der Waals surface area (Å²) in [5, 5.41) is 4.13. The van der Waals surface area contributed by atoms with E-state index in [0.29, 0.717) is 5.95 Å². The van der Waals surface area contributed by atoms with Crippen LogP contribution in [0.15, 0.2) is 12.3 Å². The largest absolute Gasteiger partial charge is 0.368 e. The van der Waals surface area contributed by atoms with E-state index in [1.807, 2.05) is 19.9 Å². The molecule has 0 fully saturated rings. The number of hydrogen-bond acceptors (Lipinski definition) is 3. The Bertz CT molecular complexity index is 430. The third kappa shape index (κ3) is 0.845. The van der Waals surface area contributed by atoms with Crippen LogP contribution in [0.25, 0.3) is 5.52 Å². The van der Waals surface area contributed by atoms with E-state index in [1.54, 1.807) is 10.7 Å². The molecule has 0 saturated carbocycles. The Morgan fingerprint density at radius 1 is 1.42 bits per heavy atom. The minimum atomic E-state index is 0.447. The van der Waals surface area contributed by atoms with Gasteiger partial charge in [-0.1, -0.05) is 0 Å². The molecule has 0 spiro atoms. The van der Waals surface area contributed by atoms with Crippen LogP contribution in [-0.4, -0.2) is 14.6 Å². The number of imidazole rings is 1. The highest BCUT2D eigenvalue weighted by molar-refractivity contribution is 5.56. The molecule has 12 heavy (non-hydrogen) atoms. The molecule has 4 nitrogen and oxygen atoms in total. The summed E-state index contributed by atoms with van der Waals surface area (Å²) in [6, 6.07) is 2.02. The van der Waals surface area contributed by atoms with E-state index in [2.05, 4.69) is 10.1 Å². The molecule has 0 aliphatic rings. The van der Waals surface area contributed by atoms with Crippen molar-refractivity contribution in [3.63, 3.8) is 0 Å². The van der Waals surface area contributed by atoms with Gasteiger partial charge in [0.1, 0.15) is 0 Å². The van der Waals surface area contributed by atoms with Gasteiger partial charge >= 0.3 is 0 Å². The molecule has 0 unspecified atom stereocenters. The Balaban J connectivity index is 2.90. The summed E-state index contributed by atoms with van der Waals surface area (Å²) in [5.41, 5.74) is 8.63. The Morgan fingerprint density at radius 2 is 2.17 bits per heavy atom. The maximum absolute atomic E-state index is 5.62. The average Bonchev–Trinajstić information content (AvgIpc) is 2.28. The SMILES string of the molecule is Cc1cnn2c(N)nc(C)c2c1. The van der Waals surface area contributed by atoms with Crippen LogP contribution < -0.4 is 5.73 Å². The number of nitrogens with two attached hydrogens (primary N) is 1. The summed E-state index contributed by atoms with van der Waals surface area (Å²) in [6.07, 6.45) is 1.77. The Labute approximate surface area is 70.0 Å². The summed E-state index contributed by atoms with van der Waals surface area (Å²) in [4.78, 5) is 4.11. The second-order valence-electron chi connectivity index (χ2n) is 2.89. The summed E-state index contributed by atoms with van der Waals surface area (Å²) in [7, 11) is 0. The number of anilines is 1. The van der Waals surface area contributed by atoms with Crippen molar-refractivity contribution in [2.24, 2.45) is 0 Å². The van der Waals surface area contributed by atoms with Crippen molar-refractivity contribution in [1.29, 1.82) is 0 Å². The first-order chi connectivity index (χ1) is 5.68. The van der Waals surface area contributed by atoms with Gasteiger partial charge in [-0.3, -0.25) is 0 Å². The molecule has 0 aliphatic heterocycles. The van der Waals surface area contributed by atoms with E-state index in [0.717, 1.165) is 16.8 Å². The third-order valence-electron chi connectivity index (χ3n) is 1.84. The molecule has 2 aromatic heterocycles. The smallest absolute Gasteiger partial charge is 0.222 e. The van der Waals surface area contributed by atoms with Gasteiger partial charge in [0.05, 0.1) is 17.4 Å². The predicted molar refractivity (Wildman–Crippen MR) is 46.9 cm³/mol. The standard InChI is InChI=1S/C8H10N4/c1-5-3-7-6(2)11-8(9)12(7)10-4-5/h3-4H,1-2H3,(H2,9,11). The first-order valence-electron chi connectivity index (χ1n) is 3.76. The minimum Gasteiger partial charge on any atom is -0.368 e. The molecule has 0 radical (unpaired) electrons. The molecule has 62 valence electrons. The first kappa shape index (κ1) is 7.09. The Morgan fingerprint density at radius 3 is 2.92 bits per heavy atom. The van der Waals surface area contributed by atoms with Crippen LogP contribution in [0.3, 0.4) is 0 Å². The van der Waals surface area contributed by atoms with Crippen LogP contribution in [0.2, 0.25) is 0 Å². The average molecular weight is 162 g/mol. The molecule has 0 atom stereocenters. The molecule has 2 heterocycles. The molecule has 0 aromatic carbocycles. The zero-order valence-corrected chi connectivity index (χ0v) is 7.07. The molecule has 0 aliphatic carbocycles. The molecule has 2 N–H and O–H groups in total. The van der Waals surface area contributed by atoms with Crippen molar-refractivity contribution < 1.29 is 0 Å². The number of hydrogen-bond donors (Lipinski definition) is 1. The van der Waals surface area contributed by atoms with E-state index in [4.69, 9.17) is 5.73 Å². The van der Waals surface area contributed by atoms with Crippen molar-refractivity contribution in [1.82, 2.24) is 14.6 Å². The highest BCUT2D eigenvalue weighted by atomic mass is 15.3. The van der Waals surface area contributed by atoms with Crippen LogP contribution in [0, 0.1) is 13.8 Å². The lowest BCUT2D eigenvalue weighted by Gasteiger charge is -1.95. The van der Waals surface area contributed by atoms with E-state index < -0.39 is 0 Å². The van der Waals surface area contributed by atoms with Gasteiger partial charge in [0.25, 0.3) is 0 Å². The van der Waals surface area contributed by atoms with E-state index in [-0.39, 0.29) is 0 Å². The van der Waals surface area contributed by atoms with Crippen molar-refractivity contribution in [3.8, 4) is 0 Å². The third-order valence-corrected chi connectivity index (χ3v) is 1.84. The second kappa shape index (κ2) is 2.20. The molecule has 0 saturated heterocycles. The normalized spacial score (nSPS) is 10.8. The molecule has 2 rings (SSSR count). The maximum Gasteiger partial charge on any atom is 0.222 e. The summed E-state index contributed by atoms with van der Waals surface area (Å²) in [5.74, 6) is 0.447. The van der Waals surface area contributed by atoms with E-state index >= 15 is 0 Å². The van der Waals surface area contributed by atoms with E-state index in [9.17, 15) is 0 Å². The maximum atomic E-state index is 5.62. The van der Waals surface area contributed by atoms with Crippen LogP contribution >= 0.6 is 0 Å². The zero-order valence-electron chi connectivity index (χ0n) is 7.07. The molecule has 4 heteroatoms. The van der Waals surface area contributed by atoms with Gasteiger partial charge in [0.15, 0.2) is 0 Å². The fourth-order valence-electron chi connectivity index (χ4n) is 1.24. The summed E-state index contributed by atoms with van der Waals surface area (Å²) < 4.78 is 1.64. The first-order valence-corrected chi connectivity index (χ1v) is 3.76. The lowest BCUT2D eigenvalue weighted by atomic mass is 10.3. The lowest BCUT2D eigenvalue weighted by Crippen LogP contribution is -1.97. The molecule has 2 aromatic rings. The molecule has 0 amide bonds. The number of aryl methyl sites for hydroxylation is 2. The van der Waals surface area contributed by atoms with Crippen LogP contribution in [0.1, 0.15) is 11.3 Å². The monoisotopic (exact) mass is 162 g/mol. The lowest BCUT2D eigenvalue weighted by molar-refractivity contribution is 0.932. The van der Waals surface area contributed by atoms with E-state index in [1.165, 1.54) is 0 Å². The van der Waals surface area contributed by atoms with Crippen LogP contribution in [0.5, 0.6) is 0 Å². The van der Waals surface area contributed by atoms with Gasteiger partial charge in [-0.2, -0.15) is 9.61 Å². The number of fused-ring (bicyclic) bond motifs is 1. The van der Waals surface area contributed by atoms with Crippen LogP contribution in [-0.2, 0) is 0 Å². The topological polar surface area (TPSA) is 56.2 Å². The summed E-state index contributed by atoms with van der Waals surface area (Å²) in [6.45, 7) is 3.92. The number of nitrogen functional groups attached to an aromatic ring is 1.